The first kappa shape index (κ1) is 13.1. The van der Waals surface area contributed by atoms with Crippen molar-refractivity contribution in [3.05, 3.63) is 23.3 Å². The highest BCUT2D eigenvalue weighted by atomic mass is 32.2. The lowest BCUT2D eigenvalue weighted by molar-refractivity contribution is -0.116. The van der Waals surface area contributed by atoms with Crippen LogP contribution in [0.25, 0.3) is 0 Å². The zero-order chi connectivity index (χ0) is 12.1. The number of rotatable bonds is 5. The smallest absolute Gasteiger partial charge is 0.130 e. The highest BCUT2D eigenvalue weighted by Crippen LogP contribution is 2.29. The lowest BCUT2D eigenvalue weighted by Gasteiger charge is -2.10. The summed E-state index contributed by atoms with van der Waals surface area (Å²) in [6.07, 6.45) is 0.634. The fraction of sp³-hybridized carbons (Fsp3) is 0.462. The van der Waals surface area contributed by atoms with Crippen molar-refractivity contribution < 1.29 is 9.53 Å². The van der Waals surface area contributed by atoms with Gasteiger partial charge < -0.3 is 4.74 Å². The quantitative estimate of drug-likeness (QED) is 0.736. The number of carbonyl (C=O) groups excluding carboxylic acids is 1. The molecule has 0 heterocycles. The summed E-state index contributed by atoms with van der Waals surface area (Å²) in [4.78, 5) is 12.1. The highest BCUT2D eigenvalue weighted by Gasteiger charge is 2.05. The number of benzene rings is 1. The molecule has 0 saturated carbocycles. The number of carbonyl (C=O) groups is 1. The van der Waals surface area contributed by atoms with Crippen LogP contribution in [-0.2, 0) is 4.79 Å². The second kappa shape index (κ2) is 5.94. The molecule has 0 atom stereocenters. The van der Waals surface area contributed by atoms with Crippen molar-refractivity contribution in [1.82, 2.24) is 0 Å². The molecular formula is C13H18O2S. The monoisotopic (exact) mass is 238 g/mol. The summed E-state index contributed by atoms with van der Waals surface area (Å²) >= 11 is 1.73. The molecule has 0 aliphatic rings. The fourth-order valence-electron chi connectivity index (χ4n) is 1.44. The first-order chi connectivity index (χ1) is 7.54. The maximum absolute atomic E-state index is 10.9. The molecule has 0 aliphatic carbocycles. The number of ketones is 1. The molecule has 0 spiro atoms. The maximum Gasteiger partial charge on any atom is 0.130 e. The Morgan fingerprint density at radius 3 is 2.56 bits per heavy atom. The fourth-order valence-corrected chi connectivity index (χ4v) is 2.60. The van der Waals surface area contributed by atoms with Crippen LogP contribution in [0.15, 0.2) is 17.0 Å². The summed E-state index contributed by atoms with van der Waals surface area (Å²) in [5.74, 6) is 2.02. The molecule has 0 saturated heterocycles. The van der Waals surface area contributed by atoms with Gasteiger partial charge in [-0.25, -0.2) is 0 Å². The van der Waals surface area contributed by atoms with Crippen LogP contribution in [0.1, 0.15) is 24.5 Å². The minimum atomic E-state index is 0.246. The van der Waals surface area contributed by atoms with Gasteiger partial charge in [0, 0.05) is 17.1 Å². The van der Waals surface area contributed by atoms with E-state index in [1.807, 2.05) is 13.0 Å². The van der Waals surface area contributed by atoms with Gasteiger partial charge in [-0.3, -0.25) is 4.79 Å². The standard InChI is InChI=1S/C13H18O2S/c1-9-8-13(16-6-5-11(3)14)10(2)7-12(9)15-4/h7-8H,5-6H2,1-4H3. The average molecular weight is 238 g/mol. The van der Waals surface area contributed by atoms with E-state index in [1.54, 1.807) is 25.8 Å². The van der Waals surface area contributed by atoms with E-state index in [9.17, 15) is 4.79 Å². The zero-order valence-electron chi connectivity index (χ0n) is 10.3. The molecule has 2 nitrogen and oxygen atoms in total. The Hall–Kier alpha value is -0.960. The molecule has 88 valence electrons. The van der Waals surface area contributed by atoms with Crippen LogP contribution in [0.3, 0.4) is 0 Å². The van der Waals surface area contributed by atoms with E-state index >= 15 is 0 Å². The van der Waals surface area contributed by atoms with Crippen LogP contribution < -0.4 is 4.74 Å². The number of hydrogen-bond donors (Lipinski definition) is 0. The summed E-state index contributed by atoms with van der Waals surface area (Å²) in [5.41, 5.74) is 2.34. The van der Waals surface area contributed by atoms with Crippen LogP contribution in [0.2, 0.25) is 0 Å². The Labute approximate surface area is 101 Å². The minimum Gasteiger partial charge on any atom is -0.496 e. The van der Waals surface area contributed by atoms with Gasteiger partial charge in [0.2, 0.25) is 0 Å². The molecule has 0 aromatic heterocycles. The third-order valence-electron chi connectivity index (χ3n) is 2.40. The first-order valence-corrected chi connectivity index (χ1v) is 6.30. The van der Waals surface area contributed by atoms with E-state index in [0.717, 1.165) is 17.1 Å². The van der Waals surface area contributed by atoms with Gasteiger partial charge in [0.05, 0.1) is 7.11 Å². The first-order valence-electron chi connectivity index (χ1n) is 5.32. The molecule has 0 fully saturated rings. The van der Waals surface area contributed by atoms with Gasteiger partial charge >= 0.3 is 0 Å². The molecule has 0 N–H and O–H groups in total. The third kappa shape index (κ3) is 3.56. The third-order valence-corrected chi connectivity index (χ3v) is 3.56. The van der Waals surface area contributed by atoms with Crippen LogP contribution in [0.4, 0.5) is 0 Å². The molecule has 0 amide bonds. The van der Waals surface area contributed by atoms with Crippen molar-refractivity contribution in [1.29, 1.82) is 0 Å². The largest absolute Gasteiger partial charge is 0.496 e. The Bertz CT molecular complexity index is 386. The van der Waals surface area contributed by atoms with Crippen molar-refractivity contribution in [3.63, 3.8) is 0 Å². The molecular weight excluding hydrogens is 220 g/mol. The SMILES string of the molecule is COc1cc(C)c(SCCC(C)=O)cc1C. The average Bonchev–Trinajstić information content (AvgIpc) is 2.22. The molecule has 0 bridgehead atoms. The van der Waals surface area contributed by atoms with E-state index in [1.165, 1.54) is 10.5 Å². The lowest BCUT2D eigenvalue weighted by Crippen LogP contribution is -1.94. The predicted molar refractivity (Wildman–Crippen MR) is 68.5 cm³/mol. The molecule has 3 heteroatoms. The van der Waals surface area contributed by atoms with Crippen LogP contribution >= 0.6 is 11.8 Å². The molecule has 0 aliphatic heterocycles. The Balaban J connectivity index is 2.73. The maximum atomic E-state index is 10.9. The van der Waals surface area contributed by atoms with Crippen molar-refractivity contribution in [3.8, 4) is 5.75 Å². The molecule has 1 rings (SSSR count). The molecule has 0 unspecified atom stereocenters. The van der Waals surface area contributed by atoms with Crippen molar-refractivity contribution in [2.75, 3.05) is 12.9 Å². The predicted octanol–water partition coefficient (Wildman–Crippen LogP) is 3.38. The van der Waals surface area contributed by atoms with Crippen molar-refractivity contribution >= 4 is 17.5 Å². The number of ether oxygens (including phenoxy) is 1. The second-order valence-corrected chi connectivity index (χ2v) is 5.02. The van der Waals surface area contributed by atoms with Gasteiger partial charge in [0.15, 0.2) is 0 Å². The van der Waals surface area contributed by atoms with E-state index in [4.69, 9.17) is 4.74 Å². The molecule has 16 heavy (non-hydrogen) atoms. The topological polar surface area (TPSA) is 26.3 Å². The minimum absolute atomic E-state index is 0.246. The Morgan fingerprint density at radius 1 is 1.31 bits per heavy atom. The summed E-state index contributed by atoms with van der Waals surface area (Å²) in [7, 11) is 1.68. The van der Waals surface area contributed by atoms with Crippen molar-refractivity contribution in [2.45, 2.75) is 32.1 Å². The van der Waals surface area contributed by atoms with Gasteiger partial charge in [-0.2, -0.15) is 0 Å². The van der Waals surface area contributed by atoms with Crippen molar-refractivity contribution in [2.24, 2.45) is 0 Å². The number of Topliss-reactive ketones (excluding diaryl/α,β-unsaturated/α-hetero) is 1. The molecule has 1 aromatic rings. The number of aryl methyl sites for hydroxylation is 2. The number of thioether (sulfide) groups is 1. The van der Waals surface area contributed by atoms with Crippen LogP contribution in [-0.4, -0.2) is 18.6 Å². The number of hydrogen-bond acceptors (Lipinski definition) is 3. The molecule has 1 aromatic carbocycles. The van der Waals surface area contributed by atoms with Gasteiger partial charge in [-0.1, -0.05) is 0 Å². The van der Waals surface area contributed by atoms with Gasteiger partial charge in [0.1, 0.15) is 11.5 Å². The highest BCUT2D eigenvalue weighted by molar-refractivity contribution is 7.99. The van der Waals surface area contributed by atoms with Crippen LogP contribution in [0, 0.1) is 13.8 Å². The number of methoxy groups -OCH3 is 1. The summed E-state index contributed by atoms with van der Waals surface area (Å²) in [6.45, 7) is 5.73. The Kier molecular flexibility index (Phi) is 4.87. The van der Waals surface area contributed by atoms with E-state index in [-0.39, 0.29) is 5.78 Å². The second-order valence-electron chi connectivity index (χ2n) is 3.89. The van der Waals surface area contributed by atoms with Gasteiger partial charge in [-0.15, -0.1) is 11.8 Å². The normalized spacial score (nSPS) is 10.2. The van der Waals surface area contributed by atoms with Gasteiger partial charge in [0.25, 0.3) is 0 Å². The summed E-state index contributed by atoms with van der Waals surface area (Å²) < 4.78 is 5.26. The zero-order valence-corrected chi connectivity index (χ0v) is 11.1. The van der Waals surface area contributed by atoms with Gasteiger partial charge in [-0.05, 0) is 44.0 Å². The van der Waals surface area contributed by atoms with E-state index < -0.39 is 0 Å². The summed E-state index contributed by atoms with van der Waals surface area (Å²) in [6, 6.07) is 4.17. The molecule has 0 radical (unpaired) electrons. The van der Waals surface area contributed by atoms with E-state index in [2.05, 4.69) is 13.0 Å². The van der Waals surface area contributed by atoms with Crippen LogP contribution in [0.5, 0.6) is 5.75 Å². The lowest BCUT2D eigenvalue weighted by atomic mass is 10.1. The summed E-state index contributed by atoms with van der Waals surface area (Å²) in [5, 5.41) is 0. The Morgan fingerprint density at radius 2 is 2.00 bits per heavy atom. The van der Waals surface area contributed by atoms with E-state index in [0.29, 0.717) is 6.42 Å².